The van der Waals surface area contributed by atoms with Crippen LogP contribution >= 0.6 is 12.4 Å². The minimum absolute atomic E-state index is 0. The number of piperazine rings is 1. The maximum Gasteiger partial charge on any atom is 0.236 e. The second kappa shape index (κ2) is 7.64. The van der Waals surface area contributed by atoms with Crippen molar-refractivity contribution in [2.45, 2.75) is 46.6 Å². The summed E-state index contributed by atoms with van der Waals surface area (Å²) in [5.74, 6) is 0.411. The average Bonchev–Trinajstić information content (AvgIpc) is 2.45. The number of piperidine rings is 1. The van der Waals surface area contributed by atoms with Gasteiger partial charge in [0.25, 0.3) is 0 Å². The molecule has 2 fully saturated rings. The van der Waals surface area contributed by atoms with Crippen LogP contribution in [0.15, 0.2) is 0 Å². The number of hydrogen-bond donors (Lipinski definition) is 1. The van der Waals surface area contributed by atoms with Gasteiger partial charge in [0.15, 0.2) is 0 Å². The van der Waals surface area contributed by atoms with Crippen molar-refractivity contribution < 1.29 is 9.59 Å². The van der Waals surface area contributed by atoms with Gasteiger partial charge in [-0.05, 0) is 18.3 Å². The molecule has 0 aromatic rings. The molecule has 2 saturated heterocycles. The monoisotopic (exact) mass is 331 g/mol. The number of likely N-dealkylation sites (tertiary alicyclic amines) is 1. The summed E-state index contributed by atoms with van der Waals surface area (Å²) in [5.41, 5.74) is -0.0190. The summed E-state index contributed by atoms with van der Waals surface area (Å²) in [4.78, 5) is 28.6. The van der Waals surface area contributed by atoms with Crippen molar-refractivity contribution in [3.63, 3.8) is 0 Å². The number of carbonyl (C=O) groups excluding carboxylic acids is 2. The summed E-state index contributed by atoms with van der Waals surface area (Å²) in [6.45, 7) is 11.9. The molecule has 0 bridgehead atoms. The molecule has 0 aliphatic carbocycles. The van der Waals surface area contributed by atoms with E-state index in [0.29, 0.717) is 13.1 Å². The first-order valence-electron chi connectivity index (χ1n) is 8.09. The molecular weight excluding hydrogens is 302 g/mol. The van der Waals surface area contributed by atoms with Gasteiger partial charge in [-0.1, -0.05) is 27.7 Å². The van der Waals surface area contributed by atoms with E-state index in [0.717, 1.165) is 32.5 Å². The van der Waals surface area contributed by atoms with Crippen LogP contribution in [-0.4, -0.2) is 60.4 Å². The van der Waals surface area contributed by atoms with Crippen LogP contribution in [0.4, 0.5) is 0 Å². The molecule has 2 rings (SSSR count). The highest BCUT2D eigenvalue weighted by Crippen LogP contribution is 2.28. The van der Waals surface area contributed by atoms with Crippen LogP contribution in [0.1, 0.15) is 40.5 Å². The summed E-state index contributed by atoms with van der Waals surface area (Å²) in [7, 11) is 0. The Balaban J connectivity index is 0.00000242. The summed E-state index contributed by atoms with van der Waals surface area (Å²) >= 11 is 0. The van der Waals surface area contributed by atoms with Crippen LogP contribution < -0.4 is 5.32 Å². The van der Waals surface area contributed by atoms with Crippen LogP contribution in [-0.2, 0) is 9.59 Å². The van der Waals surface area contributed by atoms with Gasteiger partial charge in [0, 0.05) is 38.1 Å². The van der Waals surface area contributed by atoms with E-state index >= 15 is 0 Å². The van der Waals surface area contributed by atoms with Crippen molar-refractivity contribution in [1.82, 2.24) is 15.1 Å². The normalized spacial score (nSPS) is 24.7. The third-order valence-corrected chi connectivity index (χ3v) is 4.94. The largest absolute Gasteiger partial charge is 0.340 e. The highest BCUT2D eigenvalue weighted by Gasteiger charge is 2.35. The molecule has 22 heavy (non-hydrogen) atoms. The number of hydrogen-bond acceptors (Lipinski definition) is 3. The van der Waals surface area contributed by atoms with E-state index in [9.17, 15) is 9.59 Å². The van der Waals surface area contributed by atoms with E-state index in [1.165, 1.54) is 0 Å². The molecule has 2 amide bonds. The highest BCUT2D eigenvalue weighted by atomic mass is 35.5. The second-order valence-corrected chi connectivity index (χ2v) is 7.43. The third-order valence-electron chi connectivity index (χ3n) is 4.94. The number of nitrogens with one attached hydrogen (secondary N) is 1. The third kappa shape index (κ3) is 4.35. The predicted octanol–water partition coefficient (Wildman–Crippen LogP) is 1.51. The smallest absolute Gasteiger partial charge is 0.236 e. The lowest BCUT2D eigenvalue weighted by Gasteiger charge is -2.42. The zero-order valence-corrected chi connectivity index (χ0v) is 15.0. The van der Waals surface area contributed by atoms with Crippen LogP contribution in [0, 0.1) is 11.3 Å². The first kappa shape index (κ1) is 19.2. The molecule has 0 aromatic heterocycles. The number of amides is 2. The Morgan fingerprint density at radius 1 is 1.32 bits per heavy atom. The van der Waals surface area contributed by atoms with E-state index in [-0.39, 0.29) is 41.6 Å². The van der Waals surface area contributed by atoms with Gasteiger partial charge >= 0.3 is 0 Å². The molecular formula is C16H30ClN3O2. The second-order valence-electron chi connectivity index (χ2n) is 7.43. The van der Waals surface area contributed by atoms with Gasteiger partial charge in [0.05, 0.1) is 6.54 Å². The number of rotatable bonds is 2. The van der Waals surface area contributed by atoms with Crippen molar-refractivity contribution in [3.05, 3.63) is 0 Å². The van der Waals surface area contributed by atoms with E-state index in [1.807, 2.05) is 16.7 Å². The summed E-state index contributed by atoms with van der Waals surface area (Å²) < 4.78 is 0. The van der Waals surface area contributed by atoms with Gasteiger partial charge in [0.1, 0.15) is 0 Å². The van der Waals surface area contributed by atoms with Crippen molar-refractivity contribution in [2.24, 2.45) is 11.3 Å². The molecule has 0 spiro atoms. The SMILES string of the molecule is CC(C(=O)N1CCCC(N2CCNCC2=O)C1)C(C)(C)C.Cl. The predicted molar refractivity (Wildman–Crippen MR) is 90.1 cm³/mol. The average molecular weight is 332 g/mol. The Bertz CT molecular complexity index is 409. The fraction of sp³-hybridized carbons (Fsp3) is 0.875. The van der Waals surface area contributed by atoms with Crippen LogP contribution in [0.25, 0.3) is 0 Å². The van der Waals surface area contributed by atoms with Gasteiger partial charge in [-0.15, -0.1) is 12.4 Å². The topological polar surface area (TPSA) is 52.7 Å². The molecule has 2 aliphatic rings. The van der Waals surface area contributed by atoms with Crippen molar-refractivity contribution in [3.8, 4) is 0 Å². The zero-order valence-electron chi connectivity index (χ0n) is 14.2. The molecule has 0 radical (unpaired) electrons. The van der Waals surface area contributed by atoms with Gasteiger partial charge < -0.3 is 15.1 Å². The highest BCUT2D eigenvalue weighted by molar-refractivity contribution is 5.85. The van der Waals surface area contributed by atoms with Crippen molar-refractivity contribution in [1.29, 1.82) is 0 Å². The Hall–Kier alpha value is -0.810. The molecule has 2 unspecified atom stereocenters. The molecule has 0 aromatic carbocycles. The first-order valence-corrected chi connectivity index (χ1v) is 8.09. The Morgan fingerprint density at radius 2 is 2.00 bits per heavy atom. The lowest BCUT2D eigenvalue weighted by atomic mass is 9.81. The van der Waals surface area contributed by atoms with Crippen molar-refractivity contribution in [2.75, 3.05) is 32.7 Å². The maximum absolute atomic E-state index is 12.7. The van der Waals surface area contributed by atoms with Crippen LogP contribution in [0.5, 0.6) is 0 Å². The van der Waals surface area contributed by atoms with E-state index in [1.54, 1.807) is 0 Å². The molecule has 1 N–H and O–H groups in total. The number of carbonyl (C=O) groups is 2. The standard InChI is InChI=1S/C16H29N3O2.ClH/c1-12(16(2,3)4)15(21)18-8-5-6-13(11-18)19-9-7-17-10-14(19)20;/h12-13,17H,5-11H2,1-4H3;1H. The summed E-state index contributed by atoms with van der Waals surface area (Å²) in [6.07, 6.45) is 2.00. The molecule has 6 heteroatoms. The number of nitrogens with zero attached hydrogens (tertiary/aromatic N) is 2. The molecule has 128 valence electrons. The Kier molecular flexibility index (Phi) is 6.68. The maximum atomic E-state index is 12.7. The van der Waals surface area contributed by atoms with E-state index < -0.39 is 0 Å². The molecule has 2 heterocycles. The van der Waals surface area contributed by atoms with Crippen LogP contribution in [0.2, 0.25) is 0 Å². The van der Waals surface area contributed by atoms with Gasteiger partial charge in [-0.3, -0.25) is 9.59 Å². The van der Waals surface area contributed by atoms with E-state index in [4.69, 9.17) is 0 Å². The lowest BCUT2D eigenvalue weighted by Crippen LogP contribution is -2.58. The quantitative estimate of drug-likeness (QED) is 0.834. The van der Waals surface area contributed by atoms with Gasteiger partial charge in [-0.25, -0.2) is 0 Å². The molecule has 5 nitrogen and oxygen atoms in total. The summed E-state index contributed by atoms with van der Waals surface area (Å²) in [5, 5.41) is 3.10. The fourth-order valence-corrected chi connectivity index (χ4v) is 3.06. The lowest BCUT2D eigenvalue weighted by molar-refractivity contribution is -0.144. The minimum Gasteiger partial charge on any atom is -0.340 e. The summed E-state index contributed by atoms with van der Waals surface area (Å²) in [6, 6.07) is 0.199. The molecule has 2 atom stereocenters. The molecule has 0 saturated carbocycles. The fourth-order valence-electron chi connectivity index (χ4n) is 3.06. The molecule has 2 aliphatic heterocycles. The minimum atomic E-state index is -0.0190. The zero-order chi connectivity index (χ0) is 15.6. The number of halogens is 1. The Labute approximate surface area is 140 Å². The van der Waals surface area contributed by atoms with E-state index in [2.05, 4.69) is 26.1 Å². The van der Waals surface area contributed by atoms with Crippen LogP contribution in [0.3, 0.4) is 0 Å². The van der Waals surface area contributed by atoms with Gasteiger partial charge in [0.2, 0.25) is 11.8 Å². The first-order chi connectivity index (χ1) is 9.80. The van der Waals surface area contributed by atoms with Gasteiger partial charge in [-0.2, -0.15) is 0 Å². The van der Waals surface area contributed by atoms with Crippen molar-refractivity contribution >= 4 is 24.2 Å². The Morgan fingerprint density at radius 3 is 2.59 bits per heavy atom.